The summed E-state index contributed by atoms with van der Waals surface area (Å²) in [6.45, 7) is 6.46. The van der Waals surface area contributed by atoms with Crippen molar-refractivity contribution < 1.29 is 13.9 Å². The van der Waals surface area contributed by atoms with E-state index in [0.717, 1.165) is 89.3 Å². The Hall–Kier alpha value is -2.25. The molecule has 1 aromatic heterocycles. The number of halogens is 1. The zero-order valence-corrected chi connectivity index (χ0v) is 18.1. The van der Waals surface area contributed by atoms with Crippen LogP contribution in [0.2, 0.25) is 0 Å². The number of piperidine rings is 1. The van der Waals surface area contributed by atoms with Crippen molar-refractivity contribution in [2.24, 2.45) is 5.92 Å². The van der Waals surface area contributed by atoms with E-state index in [-0.39, 0.29) is 11.7 Å². The molecule has 3 heterocycles. The molecule has 1 aliphatic carbocycles. The second-order valence-electron chi connectivity index (χ2n) is 8.97. The third-order valence-electron chi connectivity index (χ3n) is 7.07. The van der Waals surface area contributed by atoms with Crippen molar-refractivity contribution in [3.63, 3.8) is 0 Å². The van der Waals surface area contributed by atoms with Crippen molar-refractivity contribution in [3.8, 4) is 5.69 Å². The first-order valence-electron chi connectivity index (χ1n) is 11.7. The molecule has 0 saturated carbocycles. The molecule has 3 aliphatic rings. The number of likely N-dealkylation sites (tertiary alicyclic amines) is 1. The van der Waals surface area contributed by atoms with Gasteiger partial charge < -0.3 is 9.64 Å². The maximum Gasteiger partial charge on any atom is 0.274 e. The standard InChI is InChI=1S/C24H31FN4O2/c25-20-5-1-2-6-22(20)29-21-7-3-4-19(21)23(26-29)24(30)28-12-9-18(10-13-28)8-11-27-14-16-31-17-15-27/h1-2,5-6,18H,3-4,7-17H2. The van der Waals surface area contributed by atoms with Crippen LogP contribution in [0.1, 0.15) is 47.4 Å². The fraction of sp³-hybridized carbons (Fsp3) is 0.583. The molecule has 0 N–H and O–H groups in total. The minimum atomic E-state index is -0.306. The predicted octanol–water partition coefficient (Wildman–Crippen LogP) is 3.07. The van der Waals surface area contributed by atoms with E-state index in [1.54, 1.807) is 16.8 Å². The summed E-state index contributed by atoms with van der Waals surface area (Å²) in [7, 11) is 0. The summed E-state index contributed by atoms with van der Waals surface area (Å²) in [5.41, 5.74) is 2.97. The summed E-state index contributed by atoms with van der Waals surface area (Å²) in [6.07, 6.45) is 5.97. The molecule has 0 unspecified atom stereocenters. The number of carbonyl (C=O) groups excluding carboxylic acids is 1. The van der Waals surface area contributed by atoms with Gasteiger partial charge in [0.25, 0.3) is 5.91 Å². The number of fused-ring (bicyclic) bond motifs is 1. The molecule has 0 atom stereocenters. The maximum atomic E-state index is 14.4. The monoisotopic (exact) mass is 426 g/mol. The molecule has 1 aromatic carbocycles. The van der Waals surface area contributed by atoms with E-state index in [9.17, 15) is 9.18 Å². The van der Waals surface area contributed by atoms with Crippen LogP contribution >= 0.6 is 0 Å². The lowest BCUT2D eigenvalue weighted by Gasteiger charge is -2.33. The molecule has 1 amide bonds. The number of hydrogen-bond donors (Lipinski definition) is 0. The Kier molecular flexibility index (Phi) is 6.05. The average molecular weight is 427 g/mol. The molecular weight excluding hydrogens is 395 g/mol. The summed E-state index contributed by atoms with van der Waals surface area (Å²) < 4.78 is 21.5. The number of morpholine rings is 1. The Bertz CT molecular complexity index is 930. The van der Waals surface area contributed by atoms with Crippen LogP contribution in [0.5, 0.6) is 0 Å². The number of hydrogen-bond acceptors (Lipinski definition) is 4. The first-order chi connectivity index (χ1) is 15.2. The Morgan fingerprint density at radius 1 is 1.10 bits per heavy atom. The van der Waals surface area contributed by atoms with Crippen molar-refractivity contribution in [2.75, 3.05) is 45.9 Å². The van der Waals surface area contributed by atoms with Crippen molar-refractivity contribution in [3.05, 3.63) is 47.0 Å². The van der Waals surface area contributed by atoms with Gasteiger partial charge in [0.05, 0.1) is 13.2 Å². The first kappa shape index (κ1) is 20.6. The number of benzene rings is 1. The highest BCUT2D eigenvalue weighted by Gasteiger charge is 2.32. The highest BCUT2D eigenvalue weighted by atomic mass is 19.1. The third kappa shape index (κ3) is 4.26. The lowest BCUT2D eigenvalue weighted by Crippen LogP contribution is -2.41. The fourth-order valence-electron chi connectivity index (χ4n) is 5.20. The van der Waals surface area contributed by atoms with Crippen molar-refractivity contribution in [1.82, 2.24) is 19.6 Å². The Morgan fingerprint density at radius 2 is 1.87 bits per heavy atom. The molecule has 0 radical (unpaired) electrons. The van der Waals surface area contributed by atoms with E-state index in [4.69, 9.17) is 4.74 Å². The minimum Gasteiger partial charge on any atom is -0.379 e. The van der Waals surface area contributed by atoms with Gasteiger partial charge in [0.2, 0.25) is 0 Å². The smallest absolute Gasteiger partial charge is 0.274 e. The predicted molar refractivity (Wildman–Crippen MR) is 116 cm³/mol. The van der Waals surface area contributed by atoms with E-state index in [2.05, 4.69) is 10.00 Å². The molecule has 31 heavy (non-hydrogen) atoms. The van der Waals surface area contributed by atoms with Gasteiger partial charge in [0.1, 0.15) is 11.5 Å². The Balaban J connectivity index is 1.24. The molecule has 2 saturated heterocycles. The highest BCUT2D eigenvalue weighted by Crippen LogP contribution is 2.30. The molecule has 0 bridgehead atoms. The second kappa shape index (κ2) is 9.09. The van der Waals surface area contributed by atoms with Gasteiger partial charge in [-0.2, -0.15) is 5.10 Å². The number of aromatic nitrogens is 2. The van der Waals surface area contributed by atoms with E-state index in [1.807, 2.05) is 11.0 Å². The normalized spacial score (nSPS) is 20.2. The van der Waals surface area contributed by atoms with E-state index in [1.165, 1.54) is 12.5 Å². The third-order valence-corrected chi connectivity index (χ3v) is 7.07. The fourth-order valence-corrected chi connectivity index (χ4v) is 5.20. The molecule has 5 rings (SSSR count). The highest BCUT2D eigenvalue weighted by molar-refractivity contribution is 5.94. The molecule has 6 nitrogen and oxygen atoms in total. The Labute approximate surface area is 183 Å². The second-order valence-corrected chi connectivity index (χ2v) is 8.97. The number of rotatable bonds is 5. The zero-order valence-electron chi connectivity index (χ0n) is 18.1. The molecular formula is C24H31FN4O2. The van der Waals surface area contributed by atoms with Crippen molar-refractivity contribution in [2.45, 2.75) is 38.5 Å². The molecule has 7 heteroatoms. The number of carbonyl (C=O) groups is 1. The van der Waals surface area contributed by atoms with Gasteiger partial charge in [0.15, 0.2) is 5.69 Å². The van der Waals surface area contributed by atoms with Crippen LogP contribution in [0.4, 0.5) is 4.39 Å². The van der Waals surface area contributed by atoms with Gasteiger partial charge in [-0.25, -0.2) is 9.07 Å². The molecule has 2 aromatic rings. The van der Waals surface area contributed by atoms with Crippen LogP contribution in [-0.4, -0.2) is 71.4 Å². The average Bonchev–Trinajstić information content (AvgIpc) is 3.42. The van der Waals surface area contributed by atoms with Crippen LogP contribution in [0.3, 0.4) is 0 Å². The SMILES string of the molecule is O=C(c1nn(-c2ccccc2F)c2c1CCC2)N1CCC(CCN2CCOCC2)CC1. The lowest BCUT2D eigenvalue weighted by atomic mass is 9.93. The van der Waals surface area contributed by atoms with Crippen LogP contribution in [0.25, 0.3) is 5.69 Å². The van der Waals surface area contributed by atoms with E-state index in [0.29, 0.717) is 17.3 Å². The van der Waals surface area contributed by atoms with Gasteiger partial charge >= 0.3 is 0 Å². The van der Waals surface area contributed by atoms with Crippen LogP contribution < -0.4 is 0 Å². The largest absolute Gasteiger partial charge is 0.379 e. The summed E-state index contributed by atoms with van der Waals surface area (Å²) >= 11 is 0. The molecule has 0 spiro atoms. The van der Waals surface area contributed by atoms with Crippen molar-refractivity contribution >= 4 is 5.91 Å². The number of amides is 1. The summed E-state index contributed by atoms with van der Waals surface area (Å²) in [5, 5.41) is 4.62. The first-order valence-corrected chi connectivity index (χ1v) is 11.7. The number of para-hydroxylation sites is 1. The quantitative estimate of drug-likeness (QED) is 0.737. The summed E-state index contributed by atoms with van der Waals surface area (Å²) in [5.74, 6) is 0.383. The van der Waals surface area contributed by atoms with Gasteiger partial charge in [-0.15, -0.1) is 0 Å². The van der Waals surface area contributed by atoms with Gasteiger partial charge in [0, 0.05) is 37.4 Å². The summed E-state index contributed by atoms with van der Waals surface area (Å²) in [6, 6.07) is 6.67. The molecule has 2 fully saturated rings. The van der Waals surface area contributed by atoms with E-state index < -0.39 is 0 Å². The van der Waals surface area contributed by atoms with Crippen LogP contribution in [0.15, 0.2) is 24.3 Å². The molecule has 166 valence electrons. The minimum absolute atomic E-state index is 0.0138. The number of nitrogens with zero attached hydrogens (tertiary/aromatic N) is 4. The van der Waals surface area contributed by atoms with Crippen LogP contribution in [0, 0.1) is 11.7 Å². The van der Waals surface area contributed by atoms with Crippen LogP contribution in [-0.2, 0) is 17.6 Å². The maximum absolute atomic E-state index is 14.4. The van der Waals surface area contributed by atoms with Crippen molar-refractivity contribution in [1.29, 1.82) is 0 Å². The molecule has 2 aliphatic heterocycles. The van der Waals surface area contributed by atoms with Gasteiger partial charge in [-0.1, -0.05) is 12.1 Å². The van der Waals surface area contributed by atoms with Gasteiger partial charge in [-0.3, -0.25) is 9.69 Å². The Morgan fingerprint density at radius 3 is 2.65 bits per heavy atom. The lowest BCUT2D eigenvalue weighted by molar-refractivity contribution is 0.0332. The summed E-state index contributed by atoms with van der Waals surface area (Å²) in [4.78, 5) is 17.8. The number of ether oxygens (including phenoxy) is 1. The zero-order chi connectivity index (χ0) is 21.2. The van der Waals surface area contributed by atoms with E-state index >= 15 is 0 Å². The topological polar surface area (TPSA) is 50.6 Å². The van der Waals surface area contributed by atoms with Gasteiger partial charge in [-0.05, 0) is 63.1 Å².